The molecule has 0 aliphatic carbocycles. The predicted octanol–water partition coefficient (Wildman–Crippen LogP) is 1.59. The van der Waals surface area contributed by atoms with Gasteiger partial charge in [-0.05, 0) is 11.8 Å². The summed E-state index contributed by atoms with van der Waals surface area (Å²) >= 11 is 1.76. The van der Waals surface area contributed by atoms with E-state index in [0.717, 1.165) is 19.6 Å². The van der Waals surface area contributed by atoms with Gasteiger partial charge in [-0.2, -0.15) is 11.8 Å². The molecule has 1 aromatic rings. The van der Waals surface area contributed by atoms with Gasteiger partial charge in [0.1, 0.15) is 0 Å². The van der Waals surface area contributed by atoms with Gasteiger partial charge in [-0.3, -0.25) is 4.90 Å². The second-order valence-corrected chi connectivity index (χ2v) is 5.10. The number of aliphatic hydroxyl groups excluding tert-OH is 1. The highest BCUT2D eigenvalue weighted by molar-refractivity contribution is 7.99. The van der Waals surface area contributed by atoms with Crippen LogP contribution in [0.25, 0.3) is 0 Å². The molecule has 1 aliphatic rings. The van der Waals surface area contributed by atoms with Crippen molar-refractivity contribution < 1.29 is 5.11 Å². The van der Waals surface area contributed by atoms with Crippen LogP contribution in [0.4, 0.5) is 0 Å². The molecule has 1 N–H and O–H groups in total. The number of hydrogen-bond acceptors (Lipinski definition) is 3. The van der Waals surface area contributed by atoms with Gasteiger partial charge in [0.15, 0.2) is 0 Å². The fourth-order valence-electron chi connectivity index (χ4n) is 2.04. The number of hydrogen-bond donors (Lipinski definition) is 1. The van der Waals surface area contributed by atoms with Crippen LogP contribution < -0.4 is 0 Å². The lowest BCUT2D eigenvalue weighted by molar-refractivity contribution is 0.177. The molecule has 1 fully saturated rings. The first-order valence-corrected chi connectivity index (χ1v) is 6.55. The lowest BCUT2D eigenvalue weighted by Crippen LogP contribution is -2.21. The van der Waals surface area contributed by atoms with Crippen LogP contribution in [0, 0.1) is 0 Å². The maximum atomic E-state index is 9.77. The van der Waals surface area contributed by atoms with Gasteiger partial charge in [-0.25, -0.2) is 0 Å². The minimum Gasteiger partial charge on any atom is -0.391 e. The zero-order valence-corrected chi connectivity index (χ0v) is 9.78. The van der Waals surface area contributed by atoms with Crippen molar-refractivity contribution in [3.63, 3.8) is 0 Å². The average Bonchev–Trinajstić information content (AvgIpc) is 2.60. The van der Waals surface area contributed by atoms with E-state index in [0.29, 0.717) is 5.25 Å². The molecule has 1 heterocycles. The summed E-state index contributed by atoms with van der Waals surface area (Å²) in [6.45, 7) is 2.76. The zero-order chi connectivity index (χ0) is 10.7. The predicted molar refractivity (Wildman–Crippen MR) is 65.0 cm³/mol. The Balaban J connectivity index is 1.92. The molecule has 82 valence electrons. The maximum absolute atomic E-state index is 9.77. The van der Waals surface area contributed by atoms with Crippen molar-refractivity contribution in [3.8, 4) is 0 Å². The first-order valence-electron chi connectivity index (χ1n) is 5.26. The van der Waals surface area contributed by atoms with Crippen LogP contribution in [0.1, 0.15) is 5.56 Å². The van der Waals surface area contributed by atoms with Crippen molar-refractivity contribution in [1.29, 1.82) is 0 Å². The Hall–Kier alpha value is -0.510. The van der Waals surface area contributed by atoms with Crippen molar-refractivity contribution in [1.82, 2.24) is 4.90 Å². The van der Waals surface area contributed by atoms with E-state index in [1.165, 1.54) is 5.56 Å². The fourth-order valence-corrected chi connectivity index (χ4v) is 2.80. The summed E-state index contributed by atoms with van der Waals surface area (Å²) in [5, 5.41) is 10.2. The van der Waals surface area contributed by atoms with E-state index < -0.39 is 0 Å². The summed E-state index contributed by atoms with van der Waals surface area (Å²) in [6, 6.07) is 10.4. The minimum atomic E-state index is -0.163. The smallest absolute Gasteiger partial charge is 0.0797 e. The molecule has 1 saturated heterocycles. The summed E-state index contributed by atoms with van der Waals surface area (Å²) in [7, 11) is 0. The fraction of sp³-hybridized carbons (Fsp3) is 0.500. The highest BCUT2D eigenvalue weighted by Gasteiger charge is 2.30. The molecular formula is C12H17NOS. The van der Waals surface area contributed by atoms with Gasteiger partial charge in [-0.15, -0.1) is 0 Å². The number of benzene rings is 1. The third kappa shape index (κ3) is 2.74. The molecular weight excluding hydrogens is 206 g/mol. The molecule has 2 nitrogen and oxygen atoms in total. The highest BCUT2D eigenvalue weighted by atomic mass is 32.2. The summed E-state index contributed by atoms with van der Waals surface area (Å²) in [6.07, 6.45) is 1.91. The SMILES string of the molecule is CS[C@@H]1CN(Cc2ccccc2)C[C@H]1O. The second kappa shape index (κ2) is 5.01. The van der Waals surface area contributed by atoms with E-state index in [1.807, 2.05) is 6.07 Å². The van der Waals surface area contributed by atoms with E-state index in [2.05, 4.69) is 35.4 Å². The second-order valence-electron chi connectivity index (χ2n) is 4.02. The molecule has 1 aliphatic heterocycles. The Kier molecular flexibility index (Phi) is 3.67. The molecule has 15 heavy (non-hydrogen) atoms. The Labute approximate surface area is 95.3 Å². The first kappa shape index (κ1) is 11.0. The van der Waals surface area contributed by atoms with E-state index in [1.54, 1.807) is 11.8 Å². The van der Waals surface area contributed by atoms with Gasteiger partial charge in [0.05, 0.1) is 6.10 Å². The van der Waals surface area contributed by atoms with Gasteiger partial charge in [0.25, 0.3) is 0 Å². The number of rotatable bonds is 3. The number of likely N-dealkylation sites (tertiary alicyclic amines) is 1. The quantitative estimate of drug-likeness (QED) is 0.842. The first-order chi connectivity index (χ1) is 7.29. The molecule has 0 amide bonds. The molecule has 0 saturated carbocycles. The van der Waals surface area contributed by atoms with Crippen LogP contribution in [0.5, 0.6) is 0 Å². The molecule has 2 rings (SSSR count). The maximum Gasteiger partial charge on any atom is 0.0797 e. The monoisotopic (exact) mass is 223 g/mol. The van der Waals surface area contributed by atoms with Crippen molar-refractivity contribution >= 4 is 11.8 Å². The molecule has 2 atom stereocenters. The molecule has 0 bridgehead atoms. The van der Waals surface area contributed by atoms with Gasteiger partial charge in [0, 0.05) is 24.9 Å². The third-order valence-electron chi connectivity index (χ3n) is 2.86. The van der Waals surface area contributed by atoms with Gasteiger partial charge < -0.3 is 5.11 Å². The third-order valence-corrected chi connectivity index (χ3v) is 3.93. The molecule has 0 spiro atoms. The van der Waals surface area contributed by atoms with Crippen LogP contribution in [-0.4, -0.2) is 40.7 Å². The van der Waals surface area contributed by atoms with E-state index in [9.17, 15) is 5.11 Å². The van der Waals surface area contributed by atoms with Crippen molar-refractivity contribution in [3.05, 3.63) is 35.9 Å². The largest absolute Gasteiger partial charge is 0.391 e. The molecule has 0 aromatic heterocycles. The van der Waals surface area contributed by atoms with Crippen LogP contribution in [0.3, 0.4) is 0 Å². The molecule has 1 aromatic carbocycles. The number of β-amino-alcohol motifs (C(OH)–C–C–N with tert-alkyl or cyclic N) is 1. The van der Waals surface area contributed by atoms with Gasteiger partial charge in [0.2, 0.25) is 0 Å². The Morgan fingerprint density at radius 2 is 2.07 bits per heavy atom. The lowest BCUT2D eigenvalue weighted by Gasteiger charge is -2.14. The standard InChI is InChI=1S/C12H17NOS/c1-15-12-9-13(8-11(12)14)7-10-5-3-2-4-6-10/h2-6,11-12,14H,7-9H2,1H3/t11-,12-/m1/s1. The van der Waals surface area contributed by atoms with Crippen LogP contribution in [-0.2, 0) is 6.54 Å². The van der Waals surface area contributed by atoms with Gasteiger partial charge >= 0.3 is 0 Å². The Bertz CT molecular complexity index is 304. The van der Waals surface area contributed by atoms with E-state index in [-0.39, 0.29) is 6.10 Å². The summed E-state index contributed by atoms with van der Waals surface area (Å²) in [5.41, 5.74) is 1.33. The van der Waals surface area contributed by atoms with E-state index in [4.69, 9.17) is 0 Å². The van der Waals surface area contributed by atoms with Gasteiger partial charge in [-0.1, -0.05) is 30.3 Å². The summed E-state index contributed by atoms with van der Waals surface area (Å²) < 4.78 is 0. The number of thioether (sulfide) groups is 1. The van der Waals surface area contributed by atoms with Crippen molar-refractivity contribution in [2.75, 3.05) is 19.3 Å². The summed E-state index contributed by atoms with van der Waals surface area (Å²) in [5.74, 6) is 0. The Morgan fingerprint density at radius 3 is 2.67 bits per heavy atom. The average molecular weight is 223 g/mol. The zero-order valence-electron chi connectivity index (χ0n) is 8.97. The lowest BCUT2D eigenvalue weighted by atomic mass is 10.2. The Morgan fingerprint density at radius 1 is 1.33 bits per heavy atom. The molecule has 0 unspecified atom stereocenters. The highest BCUT2D eigenvalue weighted by Crippen LogP contribution is 2.22. The van der Waals surface area contributed by atoms with E-state index >= 15 is 0 Å². The normalized spacial score (nSPS) is 27.1. The van der Waals surface area contributed by atoms with Crippen molar-refractivity contribution in [2.45, 2.75) is 17.9 Å². The van der Waals surface area contributed by atoms with Crippen LogP contribution in [0.15, 0.2) is 30.3 Å². The van der Waals surface area contributed by atoms with Crippen LogP contribution in [0.2, 0.25) is 0 Å². The topological polar surface area (TPSA) is 23.5 Å². The summed E-state index contributed by atoms with van der Waals surface area (Å²) in [4.78, 5) is 2.32. The number of nitrogens with zero attached hydrogens (tertiary/aromatic N) is 1. The van der Waals surface area contributed by atoms with Crippen LogP contribution >= 0.6 is 11.8 Å². The molecule has 3 heteroatoms. The number of aliphatic hydroxyl groups is 1. The minimum absolute atomic E-state index is 0.163. The van der Waals surface area contributed by atoms with Crippen molar-refractivity contribution in [2.24, 2.45) is 0 Å². The molecule has 0 radical (unpaired) electrons.